The number of amides is 1. The minimum atomic E-state index is -0.678. The maximum absolute atomic E-state index is 15.2. The van der Waals surface area contributed by atoms with Crippen LogP contribution in [0.3, 0.4) is 0 Å². The maximum atomic E-state index is 15.2. The molecule has 0 aliphatic heterocycles. The Morgan fingerprint density at radius 1 is 1.11 bits per heavy atom. The van der Waals surface area contributed by atoms with Gasteiger partial charge in [0.15, 0.2) is 5.82 Å². The molecule has 1 aliphatic rings. The molecule has 1 fully saturated rings. The number of carbonyl (C=O) groups is 1. The van der Waals surface area contributed by atoms with Crippen LogP contribution >= 0.6 is 23.2 Å². The Morgan fingerprint density at radius 2 is 1.89 bits per heavy atom. The number of halogens is 3. The zero-order valence-electron chi connectivity index (χ0n) is 18.0. The van der Waals surface area contributed by atoms with Gasteiger partial charge in [0.1, 0.15) is 5.82 Å². The average molecular weight is 508 g/mol. The standard InChI is InChI=1S/C24H16Cl2FN7O/c25-18-8-17(22-14(4-3-13-1-2-13)10-29-12-21(22)28)20(27)9-16(18)24(35)33-15-7-19(26)23(30-11-15)34-31-5-6-32-34/h5-13H,1-2,28H2,(H,33,35). The first-order chi connectivity index (χ1) is 16.9. The Labute approximate surface area is 209 Å². The predicted octanol–water partition coefficient (Wildman–Crippen LogP) is 4.77. The fraction of sp³-hybridized carbons (Fsp3) is 0.125. The van der Waals surface area contributed by atoms with Crippen molar-refractivity contribution in [1.29, 1.82) is 0 Å². The van der Waals surface area contributed by atoms with Gasteiger partial charge >= 0.3 is 0 Å². The summed E-state index contributed by atoms with van der Waals surface area (Å²) in [5.74, 6) is 5.48. The van der Waals surface area contributed by atoms with E-state index in [9.17, 15) is 4.79 Å². The van der Waals surface area contributed by atoms with Gasteiger partial charge in [0.2, 0.25) is 0 Å². The zero-order chi connectivity index (χ0) is 24.5. The first-order valence-electron chi connectivity index (χ1n) is 10.5. The van der Waals surface area contributed by atoms with Crippen LogP contribution < -0.4 is 11.1 Å². The lowest BCUT2D eigenvalue weighted by molar-refractivity contribution is 0.102. The number of hydrogen-bond donors (Lipinski definition) is 2. The van der Waals surface area contributed by atoms with Crippen molar-refractivity contribution in [3.8, 4) is 28.8 Å². The lowest BCUT2D eigenvalue weighted by Gasteiger charge is -2.13. The summed E-state index contributed by atoms with van der Waals surface area (Å²) in [6.45, 7) is 0. The number of aromatic nitrogens is 5. The van der Waals surface area contributed by atoms with Crippen molar-refractivity contribution in [3.05, 3.63) is 76.2 Å². The van der Waals surface area contributed by atoms with Crippen LogP contribution in [0.25, 0.3) is 16.9 Å². The van der Waals surface area contributed by atoms with Gasteiger partial charge in [-0.15, -0.1) is 4.80 Å². The average Bonchev–Trinajstić information content (AvgIpc) is 3.50. The summed E-state index contributed by atoms with van der Waals surface area (Å²) in [5.41, 5.74) is 7.59. The molecular formula is C24H16Cl2FN7O. The molecule has 0 atom stereocenters. The molecule has 1 aromatic carbocycles. The van der Waals surface area contributed by atoms with Gasteiger partial charge in [0.25, 0.3) is 5.91 Å². The molecule has 5 rings (SSSR count). The minimum Gasteiger partial charge on any atom is -0.397 e. The van der Waals surface area contributed by atoms with Crippen LogP contribution in [0.2, 0.25) is 10.0 Å². The molecule has 0 bridgehead atoms. The summed E-state index contributed by atoms with van der Waals surface area (Å²) in [7, 11) is 0. The highest BCUT2D eigenvalue weighted by atomic mass is 35.5. The van der Waals surface area contributed by atoms with Crippen LogP contribution in [0.4, 0.5) is 15.8 Å². The van der Waals surface area contributed by atoms with E-state index in [0.29, 0.717) is 22.9 Å². The third-order valence-electron chi connectivity index (χ3n) is 5.22. The van der Waals surface area contributed by atoms with E-state index in [1.165, 1.54) is 47.9 Å². The number of nitrogens with one attached hydrogen (secondary N) is 1. The molecule has 11 heteroatoms. The third-order valence-corrected chi connectivity index (χ3v) is 5.81. The van der Waals surface area contributed by atoms with Crippen LogP contribution in [0.15, 0.2) is 49.2 Å². The van der Waals surface area contributed by atoms with Crippen LogP contribution in [0.5, 0.6) is 0 Å². The van der Waals surface area contributed by atoms with Crippen molar-refractivity contribution >= 4 is 40.5 Å². The molecule has 0 spiro atoms. The second-order valence-electron chi connectivity index (χ2n) is 7.81. The normalized spacial score (nSPS) is 12.7. The second-order valence-corrected chi connectivity index (χ2v) is 8.62. The van der Waals surface area contributed by atoms with Crippen molar-refractivity contribution in [3.63, 3.8) is 0 Å². The topological polar surface area (TPSA) is 112 Å². The van der Waals surface area contributed by atoms with E-state index in [1.807, 2.05) is 0 Å². The largest absolute Gasteiger partial charge is 0.397 e. The molecule has 0 unspecified atom stereocenters. The summed E-state index contributed by atoms with van der Waals surface area (Å²) in [6.07, 6.45) is 9.39. The fourth-order valence-electron chi connectivity index (χ4n) is 3.36. The molecule has 1 aliphatic carbocycles. The molecule has 3 N–H and O–H groups in total. The van der Waals surface area contributed by atoms with Gasteiger partial charge in [-0.3, -0.25) is 9.78 Å². The highest BCUT2D eigenvalue weighted by Gasteiger charge is 2.21. The van der Waals surface area contributed by atoms with Crippen molar-refractivity contribution in [2.24, 2.45) is 5.92 Å². The number of nitrogens with two attached hydrogens (primary N) is 1. The van der Waals surface area contributed by atoms with Gasteiger partial charge in [0, 0.05) is 23.2 Å². The molecule has 174 valence electrons. The quantitative estimate of drug-likeness (QED) is 0.385. The van der Waals surface area contributed by atoms with Crippen molar-refractivity contribution in [1.82, 2.24) is 25.0 Å². The zero-order valence-corrected chi connectivity index (χ0v) is 19.5. The number of carbonyl (C=O) groups excluding carboxylic acids is 1. The van der Waals surface area contributed by atoms with Crippen molar-refractivity contribution < 1.29 is 9.18 Å². The Kier molecular flexibility index (Phi) is 6.07. The molecule has 3 heterocycles. The molecule has 0 saturated heterocycles. The first-order valence-corrected chi connectivity index (χ1v) is 11.2. The Morgan fingerprint density at radius 3 is 2.60 bits per heavy atom. The summed E-state index contributed by atoms with van der Waals surface area (Å²) in [5, 5.41) is 10.8. The number of benzene rings is 1. The van der Waals surface area contributed by atoms with Crippen LogP contribution in [-0.4, -0.2) is 30.9 Å². The van der Waals surface area contributed by atoms with Gasteiger partial charge in [-0.05, 0) is 31.0 Å². The molecule has 1 amide bonds. The van der Waals surface area contributed by atoms with Gasteiger partial charge < -0.3 is 11.1 Å². The van der Waals surface area contributed by atoms with Crippen LogP contribution in [0, 0.1) is 23.6 Å². The summed E-state index contributed by atoms with van der Waals surface area (Å²) >= 11 is 12.6. The van der Waals surface area contributed by atoms with Crippen molar-refractivity contribution in [2.45, 2.75) is 12.8 Å². The van der Waals surface area contributed by atoms with Crippen molar-refractivity contribution in [2.75, 3.05) is 11.1 Å². The van der Waals surface area contributed by atoms with E-state index in [-0.39, 0.29) is 32.5 Å². The molecule has 0 radical (unpaired) electrons. The molecule has 3 aromatic heterocycles. The number of anilines is 2. The lowest BCUT2D eigenvalue weighted by atomic mass is 9.98. The Bertz CT molecular complexity index is 1510. The summed E-state index contributed by atoms with van der Waals surface area (Å²) < 4.78 is 15.2. The third kappa shape index (κ3) is 4.80. The van der Waals surface area contributed by atoms with E-state index < -0.39 is 11.7 Å². The van der Waals surface area contributed by atoms with Gasteiger partial charge in [0.05, 0.1) is 57.3 Å². The predicted molar refractivity (Wildman–Crippen MR) is 131 cm³/mol. The number of nitrogen functional groups attached to an aromatic ring is 1. The van der Waals surface area contributed by atoms with E-state index in [1.54, 1.807) is 0 Å². The van der Waals surface area contributed by atoms with Gasteiger partial charge in [-0.2, -0.15) is 10.2 Å². The van der Waals surface area contributed by atoms with E-state index in [4.69, 9.17) is 28.9 Å². The SMILES string of the molecule is Nc1cncc(C#CC2CC2)c1-c1cc(Cl)c(C(=O)Nc2cnc(-n3nccn3)c(Cl)c2)cc1F. The Hall–Kier alpha value is -4.00. The minimum absolute atomic E-state index is 0.0348. The molecule has 35 heavy (non-hydrogen) atoms. The van der Waals surface area contributed by atoms with Gasteiger partial charge in [-0.25, -0.2) is 9.37 Å². The van der Waals surface area contributed by atoms with E-state index >= 15 is 4.39 Å². The number of rotatable bonds is 4. The molecule has 1 saturated carbocycles. The van der Waals surface area contributed by atoms with E-state index in [0.717, 1.165) is 18.9 Å². The van der Waals surface area contributed by atoms with E-state index in [2.05, 4.69) is 37.3 Å². The molecule has 8 nitrogen and oxygen atoms in total. The van der Waals surface area contributed by atoms with Crippen LogP contribution in [0.1, 0.15) is 28.8 Å². The molecule has 4 aromatic rings. The smallest absolute Gasteiger partial charge is 0.257 e. The van der Waals surface area contributed by atoms with Gasteiger partial charge in [-0.1, -0.05) is 35.0 Å². The maximum Gasteiger partial charge on any atom is 0.257 e. The number of nitrogens with zero attached hydrogens (tertiary/aromatic N) is 5. The lowest BCUT2D eigenvalue weighted by Crippen LogP contribution is -2.14. The Balaban J connectivity index is 1.43. The number of hydrogen-bond acceptors (Lipinski definition) is 6. The fourth-order valence-corrected chi connectivity index (χ4v) is 3.85. The van der Waals surface area contributed by atoms with Crippen LogP contribution in [-0.2, 0) is 0 Å². The number of pyridine rings is 2. The monoisotopic (exact) mass is 507 g/mol. The second kappa shape index (κ2) is 9.33. The summed E-state index contributed by atoms with van der Waals surface area (Å²) in [4.78, 5) is 22.3. The highest BCUT2D eigenvalue weighted by Crippen LogP contribution is 2.35. The summed E-state index contributed by atoms with van der Waals surface area (Å²) in [6, 6.07) is 3.89. The first kappa shape index (κ1) is 22.8. The molecular weight excluding hydrogens is 492 g/mol. The highest BCUT2D eigenvalue weighted by molar-refractivity contribution is 6.35.